The fraction of sp³-hybridized carbons (Fsp3) is 0.385. The summed E-state index contributed by atoms with van der Waals surface area (Å²) in [6.07, 6.45) is 1.71. The summed E-state index contributed by atoms with van der Waals surface area (Å²) in [4.78, 5) is 0. The number of hydrogen-bond acceptors (Lipinski definition) is 2. The van der Waals surface area contributed by atoms with Crippen molar-refractivity contribution in [2.45, 2.75) is 25.9 Å². The molecule has 1 aliphatic rings. The maximum atomic E-state index is 10.0. The predicted molar refractivity (Wildman–Crippen MR) is 63.6 cm³/mol. The molecule has 16 heavy (non-hydrogen) atoms. The summed E-state index contributed by atoms with van der Waals surface area (Å²) in [6, 6.07) is 5.66. The first kappa shape index (κ1) is 10.2. The maximum Gasteiger partial charge on any atom is 0.138 e. The standard InChI is InChI=1S/C13H13ClO2/c1-7-2-5-10(14)9-6-11(16-13(7)9)12(15)8-3-4-8/h2,5-6,8,12,15H,3-4H2,1H3. The van der Waals surface area contributed by atoms with Crippen molar-refractivity contribution in [2.75, 3.05) is 0 Å². The molecular weight excluding hydrogens is 224 g/mol. The Labute approximate surface area is 98.8 Å². The van der Waals surface area contributed by atoms with Crippen LogP contribution in [0.3, 0.4) is 0 Å². The lowest BCUT2D eigenvalue weighted by Gasteiger charge is -2.03. The highest BCUT2D eigenvalue weighted by Crippen LogP contribution is 2.43. The third kappa shape index (κ3) is 1.53. The molecule has 3 heteroatoms. The number of aliphatic hydroxyl groups is 1. The van der Waals surface area contributed by atoms with Gasteiger partial charge in [-0.25, -0.2) is 0 Å². The number of furan rings is 1. The van der Waals surface area contributed by atoms with Gasteiger partial charge in [0.15, 0.2) is 0 Å². The van der Waals surface area contributed by atoms with Gasteiger partial charge in [0.1, 0.15) is 17.4 Å². The molecule has 0 amide bonds. The van der Waals surface area contributed by atoms with E-state index in [1.807, 2.05) is 25.1 Å². The zero-order valence-electron chi connectivity index (χ0n) is 9.03. The molecule has 1 aromatic heterocycles. The minimum absolute atomic E-state index is 0.375. The average molecular weight is 237 g/mol. The zero-order chi connectivity index (χ0) is 11.3. The van der Waals surface area contributed by atoms with Gasteiger partial charge < -0.3 is 9.52 Å². The Morgan fingerprint density at radius 3 is 2.81 bits per heavy atom. The van der Waals surface area contributed by atoms with Crippen LogP contribution in [0.15, 0.2) is 22.6 Å². The van der Waals surface area contributed by atoms with Crippen LogP contribution in [0.25, 0.3) is 11.0 Å². The van der Waals surface area contributed by atoms with E-state index in [0.717, 1.165) is 29.4 Å². The van der Waals surface area contributed by atoms with Crippen molar-refractivity contribution in [3.05, 3.63) is 34.5 Å². The van der Waals surface area contributed by atoms with Gasteiger partial charge in [0.05, 0.1) is 5.02 Å². The number of aryl methyl sites for hydroxylation is 1. The van der Waals surface area contributed by atoms with Crippen LogP contribution in [0, 0.1) is 12.8 Å². The highest BCUT2D eigenvalue weighted by molar-refractivity contribution is 6.35. The number of hydrogen-bond donors (Lipinski definition) is 1. The Hall–Kier alpha value is -0.990. The molecule has 1 heterocycles. The molecule has 1 aliphatic carbocycles. The summed E-state index contributed by atoms with van der Waals surface area (Å²) >= 11 is 6.10. The van der Waals surface area contributed by atoms with Gasteiger partial charge in [0.25, 0.3) is 0 Å². The minimum atomic E-state index is -0.470. The third-order valence-electron chi connectivity index (χ3n) is 3.21. The van der Waals surface area contributed by atoms with Gasteiger partial charge in [-0.2, -0.15) is 0 Å². The van der Waals surface area contributed by atoms with Gasteiger partial charge in [-0.05, 0) is 43.4 Å². The molecule has 2 nitrogen and oxygen atoms in total. The quantitative estimate of drug-likeness (QED) is 0.860. The van der Waals surface area contributed by atoms with E-state index in [9.17, 15) is 5.11 Å². The van der Waals surface area contributed by atoms with E-state index < -0.39 is 6.10 Å². The number of fused-ring (bicyclic) bond motifs is 1. The van der Waals surface area contributed by atoms with E-state index in [2.05, 4.69) is 0 Å². The summed E-state index contributed by atoms with van der Waals surface area (Å²) in [5, 5.41) is 11.6. The maximum absolute atomic E-state index is 10.0. The lowest BCUT2D eigenvalue weighted by atomic mass is 10.1. The van der Waals surface area contributed by atoms with Crippen LogP contribution in [0.1, 0.15) is 30.3 Å². The minimum Gasteiger partial charge on any atom is -0.458 e. The van der Waals surface area contributed by atoms with Gasteiger partial charge in [-0.1, -0.05) is 17.7 Å². The van der Waals surface area contributed by atoms with Crippen molar-refractivity contribution in [3.63, 3.8) is 0 Å². The molecule has 84 valence electrons. The van der Waals surface area contributed by atoms with Crippen LogP contribution in [0.2, 0.25) is 5.02 Å². The smallest absolute Gasteiger partial charge is 0.138 e. The molecule has 1 saturated carbocycles. The Morgan fingerprint density at radius 2 is 2.19 bits per heavy atom. The molecule has 0 saturated heterocycles. The van der Waals surface area contributed by atoms with Gasteiger partial charge in [0, 0.05) is 5.39 Å². The SMILES string of the molecule is Cc1ccc(Cl)c2cc(C(O)C3CC3)oc12. The Morgan fingerprint density at radius 1 is 1.44 bits per heavy atom. The molecule has 0 radical (unpaired) electrons. The molecule has 0 bridgehead atoms. The van der Waals surface area contributed by atoms with Crippen LogP contribution in [-0.4, -0.2) is 5.11 Å². The van der Waals surface area contributed by atoms with Gasteiger partial charge in [-0.3, -0.25) is 0 Å². The molecule has 1 atom stereocenters. The van der Waals surface area contributed by atoms with Crippen LogP contribution in [0.4, 0.5) is 0 Å². The molecule has 0 spiro atoms. The van der Waals surface area contributed by atoms with Crippen LogP contribution in [-0.2, 0) is 0 Å². The summed E-state index contributed by atoms with van der Waals surface area (Å²) in [6.45, 7) is 1.98. The molecule has 1 aromatic carbocycles. The van der Waals surface area contributed by atoms with E-state index in [1.165, 1.54) is 0 Å². The molecule has 0 aliphatic heterocycles. The van der Waals surface area contributed by atoms with Gasteiger partial charge in [0.2, 0.25) is 0 Å². The molecule has 1 unspecified atom stereocenters. The number of benzene rings is 1. The van der Waals surface area contributed by atoms with Crippen LogP contribution >= 0.6 is 11.6 Å². The second-order valence-electron chi connectivity index (χ2n) is 4.54. The molecule has 1 N–H and O–H groups in total. The largest absolute Gasteiger partial charge is 0.458 e. The van der Waals surface area contributed by atoms with E-state index in [4.69, 9.17) is 16.0 Å². The van der Waals surface area contributed by atoms with E-state index in [-0.39, 0.29) is 0 Å². The summed E-state index contributed by atoms with van der Waals surface area (Å²) < 4.78 is 5.71. The van der Waals surface area contributed by atoms with E-state index in [1.54, 1.807) is 0 Å². The number of aliphatic hydroxyl groups excluding tert-OH is 1. The third-order valence-corrected chi connectivity index (χ3v) is 3.54. The second kappa shape index (κ2) is 3.51. The van der Waals surface area contributed by atoms with Crippen molar-refractivity contribution in [2.24, 2.45) is 5.92 Å². The molecule has 2 aromatic rings. The van der Waals surface area contributed by atoms with E-state index >= 15 is 0 Å². The highest BCUT2D eigenvalue weighted by Gasteiger charge is 2.33. The first-order chi connectivity index (χ1) is 7.66. The monoisotopic (exact) mass is 236 g/mol. The Bertz CT molecular complexity index is 501. The molecular formula is C13H13ClO2. The Kier molecular flexibility index (Phi) is 2.23. The lowest BCUT2D eigenvalue weighted by Crippen LogP contribution is -1.96. The number of rotatable bonds is 2. The fourth-order valence-corrected chi connectivity index (χ4v) is 2.24. The highest BCUT2D eigenvalue weighted by atomic mass is 35.5. The summed E-state index contributed by atoms with van der Waals surface area (Å²) in [5.41, 5.74) is 1.84. The van der Waals surface area contributed by atoms with Crippen LogP contribution in [0.5, 0.6) is 0 Å². The summed E-state index contributed by atoms with van der Waals surface area (Å²) in [5.74, 6) is 1.02. The van der Waals surface area contributed by atoms with Crippen molar-refractivity contribution in [1.29, 1.82) is 0 Å². The molecule has 1 fully saturated rings. The average Bonchev–Trinajstić information content (AvgIpc) is 3.01. The fourth-order valence-electron chi connectivity index (χ4n) is 2.03. The first-order valence-corrected chi connectivity index (χ1v) is 5.91. The lowest BCUT2D eigenvalue weighted by molar-refractivity contribution is 0.129. The predicted octanol–water partition coefficient (Wildman–Crippen LogP) is 3.84. The zero-order valence-corrected chi connectivity index (χ0v) is 9.79. The normalized spacial score (nSPS) is 17.9. The van der Waals surface area contributed by atoms with Crippen molar-refractivity contribution in [1.82, 2.24) is 0 Å². The van der Waals surface area contributed by atoms with Gasteiger partial charge >= 0.3 is 0 Å². The first-order valence-electron chi connectivity index (χ1n) is 5.53. The second-order valence-corrected chi connectivity index (χ2v) is 4.95. The van der Waals surface area contributed by atoms with Gasteiger partial charge in [-0.15, -0.1) is 0 Å². The summed E-state index contributed by atoms with van der Waals surface area (Å²) in [7, 11) is 0. The van der Waals surface area contributed by atoms with Crippen molar-refractivity contribution >= 4 is 22.6 Å². The Balaban J connectivity index is 2.14. The molecule has 3 rings (SSSR count). The topological polar surface area (TPSA) is 33.4 Å². The number of halogens is 1. The van der Waals surface area contributed by atoms with Crippen molar-refractivity contribution < 1.29 is 9.52 Å². The van der Waals surface area contributed by atoms with Crippen molar-refractivity contribution in [3.8, 4) is 0 Å². The van der Waals surface area contributed by atoms with E-state index in [0.29, 0.717) is 16.7 Å². The van der Waals surface area contributed by atoms with Crippen LogP contribution < -0.4 is 0 Å².